The first kappa shape index (κ1) is 9.92. The molecule has 0 radical (unpaired) electrons. The first-order valence-electron chi connectivity index (χ1n) is 4.21. The number of benzene rings is 1. The summed E-state index contributed by atoms with van der Waals surface area (Å²) in [5, 5.41) is 12.9. The molecule has 0 unspecified atom stereocenters. The highest BCUT2D eigenvalue weighted by atomic mass is 79.9. The third-order valence-electron chi connectivity index (χ3n) is 1.90. The van der Waals surface area contributed by atoms with Crippen LogP contribution in [0.5, 0.6) is 0 Å². The minimum Gasteiger partial charge on any atom is -0.478 e. The highest BCUT2D eigenvalue weighted by Crippen LogP contribution is 2.18. The van der Waals surface area contributed by atoms with Crippen LogP contribution in [0.2, 0.25) is 0 Å². The highest BCUT2D eigenvalue weighted by Gasteiger charge is 2.06. The lowest BCUT2D eigenvalue weighted by molar-refractivity contribution is 0.0697. The summed E-state index contributed by atoms with van der Waals surface area (Å²) in [6.45, 7) is 0. The van der Waals surface area contributed by atoms with E-state index in [1.165, 1.54) is 0 Å². The van der Waals surface area contributed by atoms with Gasteiger partial charge in [0.25, 0.3) is 0 Å². The number of hydrogen-bond acceptors (Lipinski definition) is 2. The van der Waals surface area contributed by atoms with Gasteiger partial charge in [-0.15, -0.1) is 0 Å². The van der Waals surface area contributed by atoms with E-state index in [2.05, 4.69) is 21.0 Å². The molecule has 0 atom stereocenters. The maximum atomic E-state index is 10.8. The van der Waals surface area contributed by atoms with Crippen LogP contribution in [0.4, 0.5) is 0 Å². The number of nitrogens with zero attached hydrogens (tertiary/aromatic N) is 2. The minimum absolute atomic E-state index is 0.231. The first-order chi connectivity index (χ1) is 7.16. The smallest absolute Gasteiger partial charge is 0.335 e. The van der Waals surface area contributed by atoms with Crippen LogP contribution in [-0.2, 0) is 0 Å². The quantitative estimate of drug-likeness (QED) is 0.908. The van der Waals surface area contributed by atoms with Crippen LogP contribution in [0.25, 0.3) is 5.69 Å². The molecule has 2 rings (SSSR count). The molecule has 2 aromatic rings. The Bertz CT molecular complexity index is 494. The molecule has 1 heterocycles. The van der Waals surface area contributed by atoms with Crippen LogP contribution < -0.4 is 0 Å². The van der Waals surface area contributed by atoms with Crippen LogP contribution in [-0.4, -0.2) is 20.9 Å². The van der Waals surface area contributed by atoms with Crippen molar-refractivity contribution in [1.82, 2.24) is 9.78 Å². The summed E-state index contributed by atoms with van der Waals surface area (Å²) >= 11 is 3.26. The van der Waals surface area contributed by atoms with E-state index in [-0.39, 0.29) is 5.56 Å². The summed E-state index contributed by atoms with van der Waals surface area (Å²) < 4.78 is 2.32. The molecule has 76 valence electrons. The molecule has 0 saturated heterocycles. The van der Waals surface area contributed by atoms with E-state index in [1.807, 2.05) is 0 Å². The van der Waals surface area contributed by atoms with Crippen molar-refractivity contribution in [3.05, 3.63) is 46.7 Å². The lowest BCUT2D eigenvalue weighted by atomic mass is 10.2. The van der Waals surface area contributed by atoms with Gasteiger partial charge in [0.05, 0.1) is 11.3 Å². The van der Waals surface area contributed by atoms with Crippen LogP contribution >= 0.6 is 15.9 Å². The van der Waals surface area contributed by atoms with Crippen LogP contribution in [0.1, 0.15) is 10.4 Å². The maximum Gasteiger partial charge on any atom is 0.335 e. The Labute approximate surface area is 94.3 Å². The van der Waals surface area contributed by atoms with Crippen molar-refractivity contribution in [3.63, 3.8) is 0 Å². The van der Waals surface area contributed by atoms with Crippen molar-refractivity contribution in [3.8, 4) is 5.69 Å². The topological polar surface area (TPSA) is 55.1 Å². The van der Waals surface area contributed by atoms with Crippen molar-refractivity contribution in [2.75, 3.05) is 0 Å². The largest absolute Gasteiger partial charge is 0.478 e. The molecule has 0 fully saturated rings. The molecule has 5 heteroatoms. The Morgan fingerprint density at radius 1 is 1.40 bits per heavy atom. The van der Waals surface area contributed by atoms with Crippen LogP contribution in [0.15, 0.2) is 41.1 Å². The molecule has 0 bridgehead atoms. The Morgan fingerprint density at radius 3 is 2.80 bits per heavy atom. The Hall–Kier alpha value is -1.62. The van der Waals surface area contributed by atoms with Gasteiger partial charge in [-0.25, -0.2) is 9.48 Å². The van der Waals surface area contributed by atoms with Gasteiger partial charge in [-0.3, -0.25) is 0 Å². The van der Waals surface area contributed by atoms with Gasteiger partial charge < -0.3 is 5.11 Å². The number of hydrogen-bond donors (Lipinski definition) is 1. The predicted molar refractivity (Wildman–Crippen MR) is 58.2 cm³/mol. The summed E-state index contributed by atoms with van der Waals surface area (Å²) in [4.78, 5) is 10.8. The molecule has 4 nitrogen and oxygen atoms in total. The van der Waals surface area contributed by atoms with Crippen molar-refractivity contribution < 1.29 is 9.90 Å². The van der Waals surface area contributed by atoms with E-state index in [0.717, 1.165) is 0 Å². The Morgan fingerprint density at radius 2 is 2.20 bits per heavy atom. The van der Waals surface area contributed by atoms with Gasteiger partial charge in [-0.05, 0) is 24.3 Å². The molecule has 0 saturated carbocycles. The second kappa shape index (κ2) is 3.86. The summed E-state index contributed by atoms with van der Waals surface area (Å²) in [7, 11) is 0. The second-order valence-electron chi connectivity index (χ2n) is 2.95. The molecule has 1 aromatic carbocycles. The summed E-state index contributed by atoms with van der Waals surface area (Å²) in [5.74, 6) is -0.954. The van der Waals surface area contributed by atoms with Gasteiger partial charge in [0.2, 0.25) is 0 Å². The third kappa shape index (κ3) is 2.07. The highest BCUT2D eigenvalue weighted by molar-refractivity contribution is 9.10. The van der Waals surface area contributed by atoms with E-state index in [1.54, 1.807) is 41.3 Å². The molecule has 0 aliphatic rings. The van der Waals surface area contributed by atoms with Crippen LogP contribution in [0.3, 0.4) is 0 Å². The fourth-order valence-electron chi connectivity index (χ4n) is 1.25. The fourth-order valence-corrected chi connectivity index (χ4v) is 1.73. The zero-order chi connectivity index (χ0) is 10.8. The van der Waals surface area contributed by atoms with Crippen LogP contribution in [0, 0.1) is 0 Å². The lowest BCUT2D eigenvalue weighted by Crippen LogP contribution is -2.00. The summed E-state index contributed by atoms with van der Waals surface area (Å²) in [6, 6.07) is 6.70. The number of carboxylic acids is 1. The average Bonchev–Trinajstić information content (AvgIpc) is 2.69. The predicted octanol–water partition coefficient (Wildman–Crippen LogP) is 2.33. The molecule has 0 spiro atoms. The van der Waals surface area contributed by atoms with Gasteiger partial charge in [-0.1, -0.05) is 15.9 Å². The summed E-state index contributed by atoms with van der Waals surface area (Å²) in [6.07, 6.45) is 3.40. The fraction of sp³-hybridized carbons (Fsp3) is 0. The number of carbonyl (C=O) groups is 1. The van der Waals surface area contributed by atoms with Crippen molar-refractivity contribution in [2.24, 2.45) is 0 Å². The normalized spacial score (nSPS) is 10.2. The zero-order valence-electron chi connectivity index (χ0n) is 7.59. The molecule has 0 amide bonds. The molecule has 1 aromatic heterocycles. The van der Waals surface area contributed by atoms with Gasteiger partial charge in [-0.2, -0.15) is 5.10 Å². The molecular weight excluding hydrogens is 260 g/mol. The Kier molecular flexibility index (Phi) is 2.55. The summed E-state index contributed by atoms with van der Waals surface area (Å²) in [5.41, 5.74) is 0.946. The minimum atomic E-state index is -0.954. The van der Waals surface area contributed by atoms with E-state index in [0.29, 0.717) is 10.2 Å². The van der Waals surface area contributed by atoms with Gasteiger partial charge >= 0.3 is 5.97 Å². The Balaban J connectivity index is 2.54. The second-order valence-corrected chi connectivity index (χ2v) is 3.87. The number of carboxylic acid groups (broad SMARTS) is 1. The standard InChI is InChI=1S/C10H7BrN2O2/c11-8-4-7(10(14)15)5-9(6-8)13-3-1-2-12-13/h1-6H,(H,14,15). The molecule has 0 aliphatic heterocycles. The third-order valence-corrected chi connectivity index (χ3v) is 2.36. The van der Waals surface area contributed by atoms with Gasteiger partial charge in [0.15, 0.2) is 0 Å². The molecular formula is C10H7BrN2O2. The van der Waals surface area contributed by atoms with Crippen molar-refractivity contribution in [2.45, 2.75) is 0 Å². The van der Waals surface area contributed by atoms with E-state index in [9.17, 15) is 4.79 Å². The number of halogens is 1. The maximum absolute atomic E-state index is 10.8. The van der Waals surface area contributed by atoms with Gasteiger partial charge in [0.1, 0.15) is 0 Å². The van der Waals surface area contributed by atoms with Crippen molar-refractivity contribution in [1.29, 1.82) is 0 Å². The van der Waals surface area contributed by atoms with Crippen molar-refractivity contribution >= 4 is 21.9 Å². The molecule has 15 heavy (non-hydrogen) atoms. The van der Waals surface area contributed by atoms with E-state index in [4.69, 9.17) is 5.11 Å². The number of aromatic carboxylic acids is 1. The molecule has 1 N–H and O–H groups in total. The number of aromatic nitrogens is 2. The lowest BCUT2D eigenvalue weighted by Gasteiger charge is -2.03. The SMILES string of the molecule is O=C(O)c1cc(Br)cc(-n2cccn2)c1. The molecule has 0 aliphatic carbocycles. The van der Waals surface area contributed by atoms with Gasteiger partial charge in [0, 0.05) is 16.9 Å². The zero-order valence-corrected chi connectivity index (χ0v) is 9.18. The van der Waals surface area contributed by atoms with E-state index < -0.39 is 5.97 Å². The number of rotatable bonds is 2. The first-order valence-corrected chi connectivity index (χ1v) is 5.00. The van der Waals surface area contributed by atoms with E-state index >= 15 is 0 Å². The average molecular weight is 267 g/mol. The monoisotopic (exact) mass is 266 g/mol.